The number of nitrogens with zero attached hydrogens (tertiary/aromatic N) is 2. The Labute approximate surface area is 99.0 Å². The van der Waals surface area contributed by atoms with Gasteiger partial charge in [0.1, 0.15) is 10.7 Å². The van der Waals surface area contributed by atoms with Gasteiger partial charge in [0.2, 0.25) is 5.28 Å². The maximum atomic E-state index is 13.4. The van der Waals surface area contributed by atoms with E-state index in [0.29, 0.717) is 6.07 Å². The van der Waals surface area contributed by atoms with E-state index >= 15 is 0 Å². The van der Waals surface area contributed by atoms with Gasteiger partial charge in [0.25, 0.3) is 0 Å². The van der Waals surface area contributed by atoms with Crippen LogP contribution in [0.5, 0.6) is 5.75 Å². The summed E-state index contributed by atoms with van der Waals surface area (Å²) in [4.78, 5) is 7.23. The van der Waals surface area contributed by atoms with Crippen LogP contribution in [0.25, 0.3) is 10.9 Å². The number of aromatic nitrogens is 2. The second-order valence-corrected chi connectivity index (χ2v) is 3.58. The molecule has 0 bridgehead atoms. The predicted octanol–water partition coefficient (Wildman–Crippen LogP) is 3.22. The predicted molar refractivity (Wildman–Crippen MR) is 56.0 cm³/mol. The van der Waals surface area contributed by atoms with E-state index in [9.17, 15) is 8.78 Å². The van der Waals surface area contributed by atoms with Crippen molar-refractivity contribution in [1.29, 1.82) is 0 Å². The first-order valence-electron chi connectivity index (χ1n) is 4.09. The summed E-state index contributed by atoms with van der Waals surface area (Å²) in [6.45, 7) is 0. The average molecular weight is 265 g/mol. The molecule has 0 N–H and O–H groups in total. The topological polar surface area (TPSA) is 35.0 Å². The summed E-state index contributed by atoms with van der Waals surface area (Å²) in [5.74, 6) is -1.96. The van der Waals surface area contributed by atoms with E-state index in [1.54, 1.807) is 0 Å². The van der Waals surface area contributed by atoms with Crippen LogP contribution in [-0.2, 0) is 0 Å². The smallest absolute Gasteiger partial charge is 0.224 e. The van der Waals surface area contributed by atoms with Crippen molar-refractivity contribution in [3.05, 3.63) is 28.1 Å². The van der Waals surface area contributed by atoms with Gasteiger partial charge in [-0.25, -0.2) is 18.7 Å². The van der Waals surface area contributed by atoms with Gasteiger partial charge in [-0.2, -0.15) is 0 Å². The second-order valence-electron chi connectivity index (χ2n) is 2.88. The zero-order valence-corrected chi connectivity index (χ0v) is 9.40. The van der Waals surface area contributed by atoms with Crippen molar-refractivity contribution in [1.82, 2.24) is 9.97 Å². The highest BCUT2D eigenvalue weighted by Gasteiger charge is 2.18. The third kappa shape index (κ3) is 1.66. The quantitative estimate of drug-likeness (QED) is 0.586. The molecule has 3 nitrogen and oxygen atoms in total. The summed E-state index contributed by atoms with van der Waals surface area (Å²) in [5, 5.41) is -0.415. The van der Waals surface area contributed by atoms with Crippen LogP contribution in [0.15, 0.2) is 6.07 Å². The minimum absolute atomic E-state index is 0.0360. The Balaban J connectivity index is 2.99. The minimum Gasteiger partial charge on any atom is -0.493 e. The van der Waals surface area contributed by atoms with E-state index in [1.807, 2.05) is 0 Å². The maximum Gasteiger partial charge on any atom is 0.224 e. The molecule has 0 spiro atoms. The molecule has 84 valence electrons. The molecule has 0 saturated carbocycles. The SMILES string of the molecule is COc1c(F)cc(F)c2nc(Cl)nc(Cl)c12. The van der Waals surface area contributed by atoms with Gasteiger partial charge < -0.3 is 4.74 Å². The molecule has 0 aliphatic carbocycles. The molecule has 0 saturated heterocycles. The van der Waals surface area contributed by atoms with Crippen molar-refractivity contribution >= 4 is 34.1 Å². The van der Waals surface area contributed by atoms with Crippen molar-refractivity contribution in [2.24, 2.45) is 0 Å². The molecule has 1 heterocycles. The highest BCUT2D eigenvalue weighted by molar-refractivity contribution is 6.36. The van der Waals surface area contributed by atoms with E-state index < -0.39 is 11.6 Å². The number of methoxy groups -OCH3 is 1. The monoisotopic (exact) mass is 264 g/mol. The number of halogens is 4. The lowest BCUT2D eigenvalue weighted by atomic mass is 10.2. The molecule has 16 heavy (non-hydrogen) atoms. The first-order valence-corrected chi connectivity index (χ1v) is 4.85. The highest BCUT2D eigenvalue weighted by atomic mass is 35.5. The van der Waals surface area contributed by atoms with E-state index in [-0.39, 0.29) is 27.1 Å². The van der Waals surface area contributed by atoms with Crippen LogP contribution in [-0.4, -0.2) is 17.1 Å². The Kier molecular flexibility index (Phi) is 2.82. The van der Waals surface area contributed by atoms with Gasteiger partial charge in [0.05, 0.1) is 12.5 Å². The normalized spacial score (nSPS) is 10.8. The average Bonchev–Trinajstić information content (AvgIpc) is 2.20. The molecule has 2 rings (SSSR count). The lowest BCUT2D eigenvalue weighted by molar-refractivity contribution is 0.390. The molecule has 0 unspecified atom stereocenters. The Morgan fingerprint density at radius 1 is 1.19 bits per heavy atom. The lowest BCUT2D eigenvalue weighted by Crippen LogP contribution is -1.97. The molecule has 0 atom stereocenters. The number of rotatable bonds is 1. The molecule has 7 heteroatoms. The van der Waals surface area contributed by atoms with Crippen LogP contribution >= 0.6 is 23.2 Å². The highest BCUT2D eigenvalue weighted by Crippen LogP contribution is 2.34. The number of benzene rings is 1. The third-order valence-electron chi connectivity index (χ3n) is 1.97. The number of fused-ring (bicyclic) bond motifs is 1. The molecule has 0 amide bonds. The standard InChI is InChI=1S/C9H4Cl2F2N2O/c1-16-7-4(13)2-3(12)6-5(7)8(10)15-9(11)14-6/h2H,1H3. The number of ether oxygens (including phenoxy) is 1. The zero-order valence-electron chi connectivity index (χ0n) is 7.89. The molecular weight excluding hydrogens is 261 g/mol. The summed E-state index contributed by atoms with van der Waals surface area (Å²) >= 11 is 11.3. The van der Waals surface area contributed by atoms with Crippen LogP contribution in [0.1, 0.15) is 0 Å². The summed E-state index contributed by atoms with van der Waals surface area (Å²) in [7, 11) is 1.24. The van der Waals surface area contributed by atoms with E-state index in [1.165, 1.54) is 7.11 Å². The van der Waals surface area contributed by atoms with Crippen LogP contribution in [0, 0.1) is 11.6 Å². The van der Waals surface area contributed by atoms with Crippen LogP contribution in [0.4, 0.5) is 8.78 Å². The van der Waals surface area contributed by atoms with E-state index in [2.05, 4.69) is 9.97 Å². The molecule has 0 aliphatic heterocycles. The fourth-order valence-electron chi connectivity index (χ4n) is 1.35. The van der Waals surface area contributed by atoms with Crippen molar-refractivity contribution in [3.63, 3.8) is 0 Å². The Morgan fingerprint density at radius 3 is 2.50 bits per heavy atom. The Bertz CT molecular complexity index is 577. The van der Waals surface area contributed by atoms with Gasteiger partial charge in [-0.05, 0) is 11.6 Å². The van der Waals surface area contributed by atoms with Gasteiger partial charge >= 0.3 is 0 Å². The van der Waals surface area contributed by atoms with Gasteiger partial charge in [0, 0.05) is 6.07 Å². The summed E-state index contributed by atoms with van der Waals surface area (Å²) < 4.78 is 31.6. The lowest BCUT2D eigenvalue weighted by Gasteiger charge is -2.08. The minimum atomic E-state index is -0.875. The van der Waals surface area contributed by atoms with E-state index in [4.69, 9.17) is 27.9 Å². The second kappa shape index (κ2) is 3.99. The summed E-state index contributed by atoms with van der Waals surface area (Å²) in [6.07, 6.45) is 0. The van der Waals surface area contributed by atoms with Crippen LogP contribution in [0.2, 0.25) is 10.4 Å². The molecule has 0 radical (unpaired) electrons. The van der Waals surface area contributed by atoms with Crippen molar-refractivity contribution in [2.45, 2.75) is 0 Å². The zero-order chi connectivity index (χ0) is 11.9. The Hall–Kier alpha value is -1.20. The molecule has 1 aromatic heterocycles. The molecular formula is C9H4Cl2F2N2O. The number of hydrogen-bond donors (Lipinski definition) is 0. The van der Waals surface area contributed by atoms with Gasteiger partial charge in [-0.1, -0.05) is 11.6 Å². The largest absolute Gasteiger partial charge is 0.493 e. The fourth-order valence-corrected chi connectivity index (χ4v) is 1.81. The van der Waals surface area contributed by atoms with Crippen molar-refractivity contribution in [2.75, 3.05) is 7.11 Å². The Morgan fingerprint density at radius 2 is 1.88 bits per heavy atom. The summed E-state index contributed by atoms with van der Waals surface area (Å²) in [5.41, 5.74) is -0.178. The summed E-state index contributed by atoms with van der Waals surface area (Å²) in [6, 6.07) is 0.654. The van der Waals surface area contributed by atoms with Gasteiger partial charge in [-0.15, -0.1) is 0 Å². The third-order valence-corrected chi connectivity index (χ3v) is 2.41. The number of hydrogen-bond acceptors (Lipinski definition) is 3. The molecule has 1 aromatic carbocycles. The van der Waals surface area contributed by atoms with Crippen molar-refractivity contribution in [3.8, 4) is 5.75 Å². The van der Waals surface area contributed by atoms with Crippen LogP contribution in [0.3, 0.4) is 0 Å². The molecule has 0 fully saturated rings. The van der Waals surface area contributed by atoms with E-state index in [0.717, 1.165) is 0 Å². The first-order chi connectivity index (χ1) is 7.54. The molecule has 2 aromatic rings. The van der Waals surface area contributed by atoms with Crippen molar-refractivity contribution < 1.29 is 13.5 Å². The van der Waals surface area contributed by atoms with Crippen LogP contribution < -0.4 is 4.74 Å². The van der Waals surface area contributed by atoms with Gasteiger partial charge in [0.15, 0.2) is 17.4 Å². The first kappa shape index (κ1) is 11.3. The van der Waals surface area contributed by atoms with Gasteiger partial charge in [-0.3, -0.25) is 0 Å². The molecule has 0 aliphatic rings. The fraction of sp³-hybridized carbons (Fsp3) is 0.111. The maximum absolute atomic E-state index is 13.4.